The Morgan fingerprint density at radius 2 is 1.70 bits per heavy atom. The van der Waals surface area contributed by atoms with E-state index < -0.39 is 0 Å². The number of nitrogens with zero attached hydrogens (tertiary/aromatic N) is 2. The molecule has 0 aliphatic carbocycles. The van der Waals surface area contributed by atoms with Crippen LogP contribution in [0.4, 0.5) is 0 Å². The van der Waals surface area contributed by atoms with Gasteiger partial charge in [0, 0.05) is 49.6 Å². The van der Waals surface area contributed by atoms with Crippen LogP contribution in [0.25, 0.3) is 0 Å². The molecule has 0 aromatic heterocycles. The van der Waals surface area contributed by atoms with Gasteiger partial charge in [0.25, 0.3) is 0 Å². The van der Waals surface area contributed by atoms with Gasteiger partial charge in [-0.1, -0.05) is 29.3 Å². The maximum atomic E-state index is 12.1. The quantitative estimate of drug-likeness (QED) is 0.711. The van der Waals surface area contributed by atoms with Crippen LogP contribution in [-0.2, 0) is 16.0 Å². The molecule has 0 spiro atoms. The lowest BCUT2D eigenvalue weighted by molar-refractivity contribution is -0.133. The van der Waals surface area contributed by atoms with Gasteiger partial charge in [-0.05, 0) is 38.0 Å². The standard InChI is InChI=1S/C17H24Cl2N2O2/c1-4-20(5-2)17(23)9-11-21(13(3)22)10-8-14-6-7-15(18)12-16(14)19/h6-7,12H,4-5,8-11H2,1-3H3. The van der Waals surface area contributed by atoms with Crippen LogP contribution in [0.5, 0.6) is 0 Å². The van der Waals surface area contributed by atoms with Crippen molar-refractivity contribution in [3.8, 4) is 0 Å². The predicted molar refractivity (Wildman–Crippen MR) is 95.0 cm³/mol. The Bertz CT molecular complexity index is 545. The van der Waals surface area contributed by atoms with E-state index in [1.54, 1.807) is 21.9 Å². The number of carbonyl (C=O) groups is 2. The molecule has 6 heteroatoms. The summed E-state index contributed by atoms with van der Waals surface area (Å²) in [5.41, 5.74) is 0.942. The van der Waals surface area contributed by atoms with Gasteiger partial charge >= 0.3 is 0 Å². The molecule has 1 aromatic carbocycles. The van der Waals surface area contributed by atoms with E-state index in [-0.39, 0.29) is 11.8 Å². The average Bonchev–Trinajstić information content (AvgIpc) is 2.49. The molecule has 0 aliphatic heterocycles. The van der Waals surface area contributed by atoms with Gasteiger partial charge in [0.05, 0.1) is 0 Å². The van der Waals surface area contributed by atoms with Gasteiger partial charge in [-0.15, -0.1) is 0 Å². The molecule has 0 unspecified atom stereocenters. The summed E-state index contributed by atoms with van der Waals surface area (Å²) in [5.74, 6) is 0.0354. The van der Waals surface area contributed by atoms with Gasteiger partial charge < -0.3 is 9.80 Å². The van der Waals surface area contributed by atoms with E-state index in [9.17, 15) is 9.59 Å². The Kier molecular flexibility index (Phi) is 8.42. The highest BCUT2D eigenvalue weighted by Crippen LogP contribution is 2.21. The zero-order chi connectivity index (χ0) is 17.4. The molecule has 128 valence electrons. The maximum absolute atomic E-state index is 12.1. The minimum Gasteiger partial charge on any atom is -0.343 e. The van der Waals surface area contributed by atoms with E-state index in [1.165, 1.54) is 6.92 Å². The van der Waals surface area contributed by atoms with Crippen molar-refractivity contribution in [3.05, 3.63) is 33.8 Å². The summed E-state index contributed by atoms with van der Waals surface area (Å²) in [4.78, 5) is 27.3. The molecule has 4 nitrogen and oxygen atoms in total. The first kappa shape index (κ1) is 19.8. The molecule has 0 fully saturated rings. The molecular formula is C17H24Cl2N2O2. The number of hydrogen-bond acceptors (Lipinski definition) is 2. The Hall–Kier alpha value is -1.26. The van der Waals surface area contributed by atoms with Crippen molar-refractivity contribution in [2.24, 2.45) is 0 Å². The van der Waals surface area contributed by atoms with Crippen LogP contribution in [0, 0.1) is 0 Å². The largest absolute Gasteiger partial charge is 0.343 e. The van der Waals surface area contributed by atoms with E-state index in [4.69, 9.17) is 23.2 Å². The van der Waals surface area contributed by atoms with Gasteiger partial charge in [0.1, 0.15) is 0 Å². The van der Waals surface area contributed by atoms with Gasteiger partial charge in [-0.25, -0.2) is 0 Å². The van der Waals surface area contributed by atoms with E-state index >= 15 is 0 Å². The smallest absolute Gasteiger partial charge is 0.224 e. The molecular weight excluding hydrogens is 335 g/mol. The summed E-state index contributed by atoms with van der Waals surface area (Å²) in [6, 6.07) is 5.34. The van der Waals surface area contributed by atoms with Crippen LogP contribution in [0.15, 0.2) is 18.2 Å². The lowest BCUT2D eigenvalue weighted by Crippen LogP contribution is -2.37. The molecule has 0 aliphatic rings. The number of benzene rings is 1. The van der Waals surface area contributed by atoms with Crippen LogP contribution in [0.3, 0.4) is 0 Å². The Morgan fingerprint density at radius 1 is 1.04 bits per heavy atom. The van der Waals surface area contributed by atoms with Crippen molar-refractivity contribution >= 4 is 35.0 Å². The molecule has 0 radical (unpaired) electrons. The number of hydrogen-bond donors (Lipinski definition) is 0. The number of carbonyl (C=O) groups excluding carboxylic acids is 2. The van der Waals surface area contributed by atoms with Gasteiger partial charge in [-0.3, -0.25) is 9.59 Å². The molecule has 1 rings (SSSR count). The summed E-state index contributed by atoms with van der Waals surface area (Å²) >= 11 is 12.0. The summed E-state index contributed by atoms with van der Waals surface area (Å²) < 4.78 is 0. The highest BCUT2D eigenvalue weighted by Gasteiger charge is 2.15. The fourth-order valence-electron chi connectivity index (χ4n) is 2.37. The second-order valence-electron chi connectivity index (χ2n) is 5.31. The van der Waals surface area contributed by atoms with Gasteiger partial charge in [0.2, 0.25) is 11.8 Å². The van der Waals surface area contributed by atoms with Crippen molar-refractivity contribution < 1.29 is 9.59 Å². The minimum absolute atomic E-state index is 0.0394. The Morgan fingerprint density at radius 3 is 2.22 bits per heavy atom. The van der Waals surface area contributed by atoms with E-state index in [0.717, 1.165) is 5.56 Å². The van der Waals surface area contributed by atoms with Crippen LogP contribution in [-0.4, -0.2) is 47.8 Å². The van der Waals surface area contributed by atoms with Crippen LogP contribution < -0.4 is 0 Å². The Labute approximate surface area is 148 Å². The molecule has 0 heterocycles. The first-order chi connectivity index (χ1) is 10.9. The number of halogens is 2. The van der Waals surface area contributed by atoms with Crippen LogP contribution >= 0.6 is 23.2 Å². The molecule has 1 aromatic rings. The number of amides is 2. The van der Waals surface area contributed by atoms with Crippen molar-refractivity contribution in [1.82, 2.24) is 9.80 Å². The third-order valence-corrected chi connectivity index (χ3v) is 4.41. The molecule has 0 saturated carbocycles. The molecule has 2 amide bonds. The molecule has 0 atom stereocenters. The second kappa shape index (κ2) is 9.78. The summed E-state index contributed by atoms with van der Waals surface area (Å²) in [5, 5.41) is 1.19. The fourth-order valence-corrected chi connectivity index (χ4v) is 2.87. The first-order valence-electron chi connectivity index (χ1n) is 7.86. The summed E-state index contributed by atoms with van der Waals surface area (Å²) in [7, 11) is 0. The highest BCUT2D eigenvalue weighted by atomic mass is 35.5. The molecule has 0 bridgehead atoms. The first-order valence-corrected chi connectivity index (χ1v) is 8.61. The maximum Gasteiger partial charge on any atom is 0.224 e. The lowest BCUT2D eigenvalue weighted by atomic mass is 10.1. The summed E-state index contributed by atoms with van der Waals surface area (Å²) in [6.45, 7) is 7.76. The molecule has 0 saturated heterocycles. The lowest BCUT2D eigenvalue weighted by Gasteiger charge is -2.24. The van der Waals surface area contributed by atoms with Crippen molar-refractivity contribution in [3.63, 3.8) is 0 Å². The third-order valence-electron chi connectivity index (χ3n) is 3.82. The molecule has 23 heavy (non-hydrogen) atoms. The van der Waals surface area contributed by atoms with Crippen molar-refractivity contribution in [2.45, 2.75) is 33.6 Å². The van der Waals surface area contributed by atoms with Gasteiger partial charge in [0.15, 0.2) is 0 Å². The van der Waals surface area contributed by atoms with Crippen LogP contribution in [0.1, 0.15) is 32.8 Å². The Balaban J connectivity index is 2.59. The van der Waals surface area contributed by atoms with E-state index in [2.05, 4.69) is 0 Å². The van der Waals surface area contributed by atoms with E-state index in [1.807, 2.05) is 19.9 Å². The van der Waals surface area contributed by atoms with Gasteiger partial charge in [-0.2, -0.15) is 0 Å². The third kappa shape index (κ3) is 6.40. The van der Waals surface area contributed by atoms with E-state index in [0.29, 0.717) is 49.1 Å². The topological polar surface area (TPSA) is 40.6 Å². The predicted octanol–water partition coefficient (Wildman–Crippen LogP) is 3.64. The average molecular weight is 359 g/mol. The normalized spacial score (nSPS) is 10.5. The van der Waals surface area contributed by atoms with Crippen molar-refractivity contribution in [1.29, 1.82) is 0 Å². The second-order valence-corrected chi connectivity index (χ2v) is 6.15. The fraction of sp³-hybridized carbons (Fsp3) is 0.529. The highest BCUT2D eigenvalue weighted by molar-refractivity contribution is 6.35. The SMILES string of the molecule is CCN(CC)C(=O)CCN(CCc1ccc(Cl)cc1Cl)C(C)=O. The number of rotatable bonds is 8. The van der Waals surface area contributed by atoms with Crippen molar-refractivity contribution in [2.75, 3.05) is 26.2 Å². The zero-order valence-corrected chi connectivity index (χ0v) is 15.5. The zero-order valence-electron chi connectivity index (χ0n) is 13.9. The van der Waals surface area contributed by atoms with Crippen LogP contribution in [0.2, 0.25) is 10.0 Å². The monoisotopic (exact) mass is 358 g/mol. The summed E-state index contributed by atoms with van der Waals surface area (Å²) in [6.07, 6.45) is 0.977. The molecule has 0 N–H and O–H groups in total. The minimum atomic E-state index is -0.0394.